The Balaban J connectivity index is 3.96. The van der Waals surface area contributed by atoms with Crippen LogP contribution in [0.2, 0.25) is 0 Å². The summed E-state index contributed by atoms with van der Waals surface area (Å²) >= 11 is 0. The molecule has 0 aliphatic rings. The number of nitrogens with one attached hydrogen (secondary N) is 2. The van der Waals surface area contributed by atoms with Gasteiger partial charge in [0.25, 0.3) is 0 Å². The summed E-state index contributed by atoms with van der Waals surface area (Å²) < 4.78 is 0. The molecule has 0 radical (unpaired) electrons. The van der Waals surface area contributed by atoms with E-state index in [0.29, 0.717) is 12.5 Å². The standard InChI is InChI=1S/C12H25N3O2/c1-8(2)6-14-9(16)7-15-11(17)10(13)12(3,4)5/h8,10H,6-7,13H2,1-5H3,(H,14,16)(H,15,17)/t10-/m1/s1. The van der Waals surface area contributed by atoms with Crippen LogP contribution in [0.25, 0.3) is 0 Å². The number of hydrogen-bond donors (Lipinski definition) is 3. The highest BCUT2D eigenvalue weighted by Crippen LogP contribution is 2.16. The second kappa shape index (κ2) is 6.59. The Morgan fingerprint density at radius 1 is 1.18 bits per heavy atom. The minimum absolute atomic E-state index is 0.0185. The zero-order chi connectivity index (χ0) is 13.6. The van der Waals surface area contributed by atoms with Gasteiger partial charge in [0.2, 0.25) is 11.8 Å². The SMILES string of the molecule is CC(C)CNC(=O)CNC(=O)[C@@H](N)C(C)(C)C. The van der Waals surface area contributed by atoms with Gasteiger partial charge in [-0.1, -0.05) is 34.6 Å². The molecule has 2 amide bonds. The van der Waals surface area contributed by atoms with Crippen molar-refractivity contribution in [1.82, 2.24) is 10.6 Å². The van der Waals surface area contributed by atoms with Crippen LogP contribution in [0.5, 0.6) is 0 Å². The van der Waals surface area contributed by atoms with Crippen LogP contribution in [0.15, 0.2) is 0 Å². The maximum absolute atomic E-state index is 11.6. The average Bonchev–Trinajstić information content (AvgIpc) is 2.20. The molecular weight excluding hydrogens is 218 g/mol. The number of nitrogens with two attached hydrogens (primary N) is 1. The number of amides is 2. The van der Waals surface area contributed by atoms with Crippen LogP contribution in [-0.2, 0) is 9.59 Å². The molecule has 0 rings (SSSR count). The maximum Gasteiger partial charge on any atom is 0.239 e. The molecule has 5 nitrogen and oxygen atoms in total. The van der Waals surface area contributed by atoms with Crippen LogP contribution in [0.1, 0.15) is 34.6 Å². The molecule has 0 aliphatic carbocycles. The van der Waals surface area contributed by atoms with Gasteiger partial charge in [0.15, 0.2) is 0 Å². The smallest absolute Gasteiger partial charge is 0.239 e. The van der Waals surface area contributed by atoms with Crippen LogP contribution in [-0.4, -0.2) is 30.9 Å². The molecule has 17 heavy (non-hydrogen) atoms. The molecule has 0 heterocycles. The molecule has 0 saturated carbocycles. The summed E-state index contributed by atoms with van der Waals surface area (Å²) in [6, 6.07) is -0.611. The fourth-order valence-electron chi connectivity index (χ4n) is 1.05. The molecule has 0 aromatic carbocycles. The van der Waals surface area contributed by atoms with Gasteiger partial charge in [0, 0.05) is 6.54 Å². The summed E-state index contributed by atoms with van der Waals surface area (Å²) in [5.74, 6) is -0.0863. The van der Waals surface area contributed by atoms with Crippen molar-refractivity contribution in [2.75, 3.05) is 13.1 Å². The Labute approximate surface area is 104 Å². The summed E-state index contributed by atoms with van der Waals surface area (Å²) in [4.78, 5) is 23.0. The van der Waals surface area contributed by atoms with Crippen LogP contribution in [0.3, 0.4) is 0 Å². The molecule has 0 aromatic heterocycles. The highest BCUT2D eigenvalue weighted by molar-refractivity contribution is 5.87. The van der Waals surface area contributed by atoms with Crippen LogP contribution in [0, 0.1) is 11.3 Å². The van der Waals surface area contributed by atoms with Crippen molar-refractivity contribution in [3.63, 3.8) is 0 Å². The van der Waals surface area contributed by atoms with Crippen molar-refractivity contribution in [2.24, 2.45) is 17.1 Å². The lowest BCUT2D eigenvalue weighted by Crippen LogP contribution is -2.50. The quantitative estimate of drug-likeness (QED) is 0.647. The van der Waals surface area contributed by atoms with Gasteiger partial charge in [-0.15, -0.1) is 0 Å². The van der Waals surface area contributed by atoms with Gasteiger partial charge >= 0.3 is 0 Å². The monoisotopic (exact) mass is 243 g/mol. The van der Waals surface area contributed by atoms with E-state index in [9.17, 15) is 9.59 Å². The lowest BCUT2D eigenvalue weighted by Gasteiger charge is -2.25. The van der Waals surface area contributed by atoms with Gasteiger partial charge in [0.1, 0.15) is 0 Å². The fourth-order valence-corrected chi connectivity index (χ4v) is 1.05. The molecule has 1 atom stereocenters. The Morgan fingerprint density at radius 2 is 1.71 bits per heavy atom. The van der Waals surface area contributed by atoms with Crippen LogP contribution in [0.4, 0.5) is 0 Å². The van der Waals surface area contributed by atoms with Crippen molar-refractivity contribution in [3.05, 3.63) is 0 Å². The predicted molar refractivity (Wildman–Crippen MR) is 68.3 cm³/mol. The van der Waals surface area contributed by atoms with E-state index in [0.717, 1.165) is 0 Å². The molecular formula is C12H25N3O2. The summed E-state index contributed by atoms with van der Waals surface area (Å²) in [5.41, 5.74) is 5.45. The van der Waals surface area contributed by atoms with Gasteiger partial charge < -0.3 is 16.4 Å². The summed E-state index contributed by atoms with van der Waals surface area (Å²) in [7, 11) is 0. The number of carbonyl (C=O) groups is 2. The molecule has 0 unspecified atom stereocenters. The van der Waals surface area contributed by atoms with Gasteiger partial charge in [-0.05, 0) is 11.3 Å². The third-order valence-corrected chi connectivity index (χ3v) is 2.35. The van der Waals surface area contributed by atoms with Gasteiger partial charge in [-0.2, -0.15) is 0 Å². The number of hydrogen-bond acceptors (Lipinski definition) is 3. The molecule has 0 fully saturated rings. The first-order valence-corrected chi connectivity index (χ1v) is 5.94. The van der Waals surface area contributed by atoms with E-state index in [-0.39, 0.29) is 23.8 Å². The number of rotatable bonds is 5. The molecule has 0 saturated heterocycles. The van der Waals surface area contributed by atoms with E-state index >= 15 is 0 Å². The van der Waals surface area contributed by atoms with Crippen LogP contribution >= 0.6 is 0 Å². The topological polar surface area (TPSA) is 84.2 Å². The Bertz CT molecular complexity index is 269. The minimum Gasteiger partial charge on any atom is -0.354 e. The first kappa shape index (κ1) is 15.9. The third-order valence-electron chi connectivity index (χ3n) is 2.35. The lowest BCUT2D eigenvalue weighted by atomic mass is 9.87. The van der Waals surface area contributed by atoms with Crippen molar-refractivity contribution in [2.45, 2.75) is 40.7 Å². The molecule has 0 aromatic rings. The Hall–Kier alpha value is -1.10. The van der Waals surface area contributed by atoms with Gasteiger partial charge in [-0.3, -0.25) is 9.59 Å². The average molecular weight is 243 g/mol. The van der Waals surface area contributed by atoms with Crippen molar-refractivity contribution >= 4 is 11.8 Å². The molecule has 4 N–H and O–H groups in total. The van der Waals surface area contributed by atoms with Gasteiger partial charge in [-0.25, -0.2) is 0 Å². The van der Waals surface area contributed by atoms with Gasteiger partial charge in [0.05, 0.1) is 12.6 Å². The van der Waals surface area contributed by atoms with E-state index in [1.165, 1.54) is 0 Å². The molecule has 100 valence electrons. The van der Waals surface area contributed by atoms with Crippen molar-refractivity contribution < 1.29 is 9.59 Å². The largest absolute Gasteiger partial charge is 0.354 e. The fraction of sp³-hybridized carbons (Fsp3) is 0.833. The second-order valence-electron chi connectivity index (χ2n) is 5.76. The Morgan fingerprint density at radius 3 is 2.12 bits per heavy atom. The Kier molecular flexibility index (Phi) is 6.16. The van der Waals surface area contributed by atoms with Crippen LogP contribution < -0.4 is 16.4 Å². The summed E-state index contributed by atoms with van der Waals surface area (Å²) in [6.07, 6.45) is 0. The first-order chi connectivity index (χ1) is 7.64. The number of carbonyl (C=O) groups excluding carboxylic acids is 2. The molecule has 5 heteroatoms. The third kappa shape index (κ3) is 6.94. The van der Waals surface area contributed by atoms with E-state index in [2.05, 4.69) is 10.6 Å². The maximum atomic E-state index is 11.6. The van der Waals surface area contributed by atoms with E-state index in [1.807, 2.05) is 34.6 Å². The molecule has 0 bridgehead atoms. The zero-order valence-corrected chi connectivity index (χ0v) is 11.5. The lowest BCUT2D eigenvalue weighted by molar-refractivity contribution is -0.128. The second-order valence-corrected chi connectivity index (χ2v) is 5.76. The zero-order valence-electron chi connectivity index (χ0n) is 11.5. The van der Waals surface area contributed by atoms with Crippen molar-refractivity contribution in [3.8, 4) is 0 Å². The summed E-state index contributed by atoms with van der Waals surface area (Å²) in [5, 5.41) is 5.26. The van der Waals surface area contributed by atoms with E-state index in [1.54, 1.807) is 0 Å². The highest BCUT2D eigenvalue weighted by atomic mass is 16.2. The molecule has 0 spiro atoms. The summed E-state index contributed by atoms with van der Waals surface area (Å²) in [6.45, 7) is 10.3. The highest BCUT2D eigenvalue weighted by Gasteiger charge is 2.27. The minimum atomic E-state index is -0.611. The predicted octanol–water partition coefficient (Wildman–Crippen LogP) is 0.248. The van der Waals surface area contributed by atoms with E-state index < -0.39 is 6.04 Å². The first-order valence-electron chi connectivity index (χ1n) is 5.94. The van der Waals surface area contributed by atoms with E-state index in [4.69, 9.17) is 5.73 Å². The molecule has 0 aliphatic heterocycles. The van der Waals surface area contributed by atoms with Crippen molar-refractivity contribution in [1.29, 1.82) is 0 Å². The normalized spacial score (nSPS) is 13.4.